The Morgan fingerprint density at radius 1 is 0.852 bits per heavy atom. The van der Waals surface area contributed by atoms with Crippen molar-refractivity contribution in [1.82, 2.24) is 14.6 Å². The fourth-order valence-corrected chi connectivity index (χ4v) is 13.7. The molecule has 0 bridgehead atoms. The minimum Gasteiger partial charge on any atom is -0.454 e. The number of nitrogens with zero attached hydrogens (tertiary/aromatic N) is 2. The summed E-state index contributed by atoms with van der Waals surface area (Å²) in [6.45, 7) is 14.2. The molecule has 1 N–H and O–H groups in total. The Balaban J connectivity index is 1.25. The molecule has 1 aromatic heterocycles. The Labute approximate surface area is 322 Å². The van der Waals surface area contributed by atoms with Crippen LogP contribution in [0.15, 0.2) is 115 Å². The van der Waals surface area contributed by atoms with Crippen LogP contribution in [0.3, 0.4) is 0 Å². The Morgan fingerprint density at radius 2 is 1.46 bits per heavy atom. The number of ether oxygens (including phenoxy) is 2. The number of rotatable bonds is 11. The van der Waals surface area contributed by atoms with Gasteiger partial charge in [-0.05, 0) is 71.9 Å². The number of carbonyl (C=O) groups is 1. The first-order valence-corrected chi connectivity index (χ1v) is 21.6. The molecule has 1 amide bonds. The van der Waals surface area contributed by atoms with E-state index in [1.807, 2.05) is 75.4 Å². The van der Waals surface area contributed by atoms with Gasteiger partial charge in [-0.1, -0.05) is 118 Å². The van der Waals surface area contributed by atoms with Crippen LogP contribution in [0.25, 0.3) is 11.3 Å². The van der Waals surface area contributed by atoms with Gasteiger partial charge in [0.2, 0.25) is 6.79 Å². The highest BCUT2D eigenvalue weighted by Crippen LogP contribution is 2.45. The Bertz CT molecular complexity index is 2100. The normalized spacial score (nSPS) is 16.2. The molecule has 5 aromatic rings. The zero-order valence-corrected chi connectivity index (χ0v) is 33.7. The topological polar surface area (TPSA) is 90.0 Å². The lowest BCUT2D eigenvalue weighted by atomic mass is 9.96. The van der Waals surface area contributed by atoms with Crippen molar-refractivity contribution in [1.29, 1.82) is 0 Å². The fourth-order valence-electron chi connectivity index (χ4n) is 7.69. The third-order valence-electron chi connectivity index (χ3n) is 10.2. The van der Waals surface area contributed by atoms with Crippen LogP contribution in [-0.4, -0.2) is 45.9 Å². The van der Waals surface area contributed by atoms with Crippen molar-refractivity contribution in [3.05, 3.63) is 138 Å². The van der Waals surface area contributed by atoms with E-state index in [9.17, 15) is 9.00 Å². The summed E-state index contributed by atoms with van der Waals surface area (Å²) in [5.41, 5.74) is 4.79. The lowest BCUT2D eigenvalue weighted by Crippen LogP contribution is -2.66. The Morgan fingerprint density at radius 3 is 2.07 bits per heavy atom. The highest BCUT2D eigenvalue weighted by Gasteiger charge is 2.50. The van der Waals surface area contributed by atoms with Crippen LogP contribution in [0.5, 0.6) is 11.5 Å². The monoisotopic (exact) mass is 759 g/mol. The molecule has 2 aliphatic rings. The molecule has 0 saturated carbocycles. The van der Waals surface area contributed by atoms with E-state index in [0.717, 1.165) is 27.9 Å². The third kappa shape index (κ3) is 7.40. The molecule has 10 heteroatoms. The molecule has 54 heavy (non-hydrogen) atoms. The standard InChI is InChI=1S/C44H49N3O5SSi/c1-43(2,3)53(49)47-29-33-27-36(42(48)45-28-31-22-23-38-39(26-31)51-30-50-38)46-41(32-16-10-7-11-17-32)40(33)37(47)24-25-52-54(44(4,5)6,34-18-12-8-13-19-34)35-20-14-9-15-21-35/h7-23,26-27,37H,24-25,28-30H2,1-6H3,(H,45,48)/t37?,53-/m1/s1. The van der Waals surface area contributed by atoms with Gasteiger partial charge in [-0.25, -0.2) is 13.5 Å². The lowest BCUT2D eigenvalue weighted by molar-refractivity contribution is 0.0945. The molecule has 2 atom stereocenters. The Kier molecular flexibility index (Phi) is 10.7. The number of pyridine rings is 1. The van der Waals surface area contributed by atoms with E-state index < -0.39 is 24.1 Å². The summed E-state index contributed by atoms with van der Waals surface area (Å²) in [7, 11) is -4.18. The summed E-state index contributed by atoms with van der Waals surface area (Å²) in [6, 6.07) is 38.5. The summed E-state index contributed by atoms with van der Waals surface area (Å²) in [5, 5.41) is 5.30. The molecule has 8 nitrogen and oxygen atoms in total. The van der Waals surface area contributed by atoms with E-state index in [1.54, 1.807) is 0 Å². The van der Waals surface area contributed by atoms with Gasteiger partial charge in [0.15, 0.2) is 11.5 Å². The van der Waals surface area contributed by atoms with Gasteiger partial charge >= 0.3 is 0 Å². The van der Waals surface area contributed by atoms with Crippen LogP contribution >= 0.6 is 0 Å². The second kappa shape index (κ2) is 15.3. The van der Waals surface area contributed by atoms with Gasteiger partial charge < -0.3 is 19.2 Å². The SMILES string of the molecule is CC(C)(C)[S@@](=O)N1Cc2cc(C(=O)NCc3ccc4c(c3)OCO4)nc(-c3ccccc3)c2C1CCO[Si](c1ccccc1)(c1ccccc1)C(C)(C)C. The van der Waals surface area contributed by atoms with E-state index in [-0.39, 0.29) is 23.8 Å². The van der Waals surface area contributed by atoms with Crippen molar-refractivity contribution in [2.75, 3.05) is 13.4 Å². The fraction of sp³-hybridized carbons (Fsp3) is 0.318. The van der Waals surface area contributed by atoms with Crippen molar-refractivity contribution in [2.45, 2.75) is 76.9 Å². The first-order valence-electron chi connectivity index (χ1n) is 18.6. The van der Waals surface area contributed by atoms with Crippen LogP contribution in [0, 0.1) is 0 Å². The second-order valence-corrected chi connectivity index (χ2v) is 22.4. The van der Waals surface area contributed by atoms with Crippen molar-refractivity contribution >= 4 is 35.6 Å². The first kappa shape index (κ1) is 37.7. The molecule has 0 spiro atoms. The summed E-state index contributed by atoms with van der Waals surface area (Å²) in [4.78, 5) is 18.9. The third-order valence-corrected chi connectivity index (χ3v) is 17.1. The van der Waals surface area contributed by atoms with Gasteiger partial charge in [0.05, 0.1) is 16.5 Å². The molecule has 1 unspecified atom stereocenters. The van der Waals surface area contributed by atoms with Crippen LogP contribution in [0.1, 0.15) is 81.2 Å². The average molecular weight is 760 g/mol. The Hall–Kier alpha value is -4.61. The number of aromatic nitrogens is 1. The molecular formula is C44H49N3O5SSi. The number of hydrogen-bond acceptors (Lipinski definition) is 6. The second-order valence-electron chi connectivity index (χ2n) is 15.9. The predicted octanol–water partition coefficient (Wildman–Crippen LogP) is 7.69. The molecule has 0 saturated heterocycles. The van der Waals surface area contributed by atoms with Gasteiger partial charge in [-0.3, -0.25) is 4.79 Å². The van der Waals surface area contributed by atoms with E-state index in [0.29, 0.717) is 43.3 Å². The smallest absolute Gasteiger partial charge is 0.270 e. The quantitative estimate of drug-likeness (QED) is 0.139. The molecular weight excluding hydrogens is 711 g/mol. The van der Waals surface area contributed by atoms with E-state index in [1.165, 1.54) is 10.4 Å². The van der Waals surface area contributed by atoms with Crippen molar-refractivity contribution in [3.8, 4) is 22.8 Å². The highest BCUT2D eigenvalue weighted by molar-refractivity contribution is 7.84. The van der Waals surface area contributed by atoms with E-state index in [2.05, 4.69) is 91.1 Å². The zero-order chi connectivity index (χ0) is 38.1. The van der Waals surface area contributed by atoms with Crippen LogP contribution in [-0.2, 0) is 28.5 Å². The van der Waals surface area contributed by atoms with Gasteiger partial charge in [0.1, 0.15) is 16.7 Å². The summed E-state index contributed by atoms with van der Waals surface area (Å²) < 4.78 is 34.3. The van der Waals surface area contributed by atoms with E-state index >= 15 is 0 Å². The molecule has 7 rings (SSSR count). The minimum atomic E-state index is -2.82. The number of benzene rings is 4. The van der Waals surface area contributed by atoms with Crippen molar-refractivity contribution in [2.24, 2.45) is 0 Å². The molecule has 0 fully saturated rings. The maximum atomic E-state index is 14.4. The van der Waals surface area contributed by atoms with Gasteiger partial charge in [0, 0.05) is 30.8 Å². The molecule has 3 heterocycles. The molecule has 2 aliphatic heterocycles. The van der Waals surface area contributed by atoms with Crippen molar-refractivity contribution in [3.63, 3.8) is 0 Å². The largest absolute Gasteiger partial charge is 0.454 e. The predicted molar refractivity (Wildman–Crippen MR) is 218 cm³/mol. The maximum absolute atomic E-state index is 14.4. The summed E-state index contributed by atoms with van der Waals surface area (Å²) in [5.74, 6) is 1.08. The average Bonchev–Trinajstić information content (AvgIpc) is 3.79. The molecule has 0 radical (unpaired) electrons. The van der Waals surface area contributed by atoms with Gasteiger partial charge in [-0.15, -0.1) is 0 Å². The van der Waals surface area contributed by atoms with E-state index in [4.69, 9.17) is 18.9 Å². The van der Waals surface area contributed by atoms with Crippen LogP contribution in [0.2, 0.25) is 5.04 Å². The van der Waals surface area contributed by atoms with Crippen LogP contribution < -0.4 is 25.2 Å². The number of hydrogen-bond donors (Lipinski definition) is 1. The molecule has 0 aliphatic carbocycles. The highest BCUT2D eigenvalue weighted by atomic mass is 32.2. The number of nitrogens with one attached hydrogen (secondary N) is 1. The van der Waals surface area contributed by atoms with Crippen LogP contribution in [0.4, 0.5) is 0 Å². The molecule has 4 aromatic carbocycles. The minimum absolute atomic E-state index is 0.184. The summed E-state index contributed by atoms with van der Waals surface area (Å²) in [6.07, 6.45) is 0.594. The number of amides is 1. The molecule has 280 valence electrons. The maximum Gasteiger partial charge on any atom is 0.270 e. The summed E-state index contributed by atoms with van der Waals surface area (Å²) >= 11 is 0. The number of fused-ring (bicyclic) bond motifs is 2. The lowest BCUT2D eigenvalue weighted by Gasteiger charge is -2.43. The van der Waals surface area contributed by atoms with Gasteiger partial charge in [-0.2, -0.15) is 0 Å². The first-order chi connectivity index (χ1) is 25.9. The van der Waals surface area contributed by atoms with Gasteiger partial charge in [0.25, 0.3) is 14.2 Å². The zero-order valence-electron chi connectivity index (χ0n) is 31.9. The number of carbonyl (C=O) groups excluding carboxylic acids is 1. The van der Waals surface area contributed by atoms with Crippen molar-refractivity contribution < 1.29 is 22.9 Å².